The maximum absolute atomic E-state index is 13.1. The number of rotatable bonds is 11. The maximum atomic E-state index is 13.1. The van der Waals surface area contributed by atoms with Gasteiger partial charge >= 0.3 is 5.97 Å². The summed E-state index contributed by atoms with van der Waals surface area (Å²) in [5.74, 6) is 1.11. The molecule has 3 rings (SSSR count). The number of hydrogen-bond donors (Lipinski definition) is 1. The van der Waals surface area contributed by atoms with Crippen LogP contribution < -0.4 is 5.32 Å². The Bertz CT molecular complexity index is 1130. The van der Waals surface area contributed by atoms with Crippen LogP contribution in [0, 0.1) is 6.92 Å². The smallest absolute Gasteiger partial charge is 0.343 e. The molecule has 2 heterocycles. The molecule has 0 spiro atoms. The number of nitrogens with one attached hydrogen (secondary N) is 1. The van der Waals surface area contributed by atoms with Gasteiger partial charge in [-0.1, -0.05) is 36.4 Å². The number of esters is 1. The Labute approximate surface area is 208 Å². The molecule has 1 unspecified atom stereocenters. The summed E-state index contributed by atoms with van der Waals surface area (Å²) in [4.78, 5) is 26.5. The Kier molecular flexibility index (Phi) is 9.17. The highest BCUT2D eigenvalue weighted by Crippen LogP contribution is 2.29. The summed E-state index contributed by atoms with van der Waals surface area (Å²) in [7, 11) is 1.66. The molecule has 11 heteroatoms. The lowest BCUT2D eigenvalue weighted by atomic mass is 10.2. The van der Waals surface area contributed by atoms with E-state index in [4.69, 9.17) is 4.74 Å². The van der Waals surface area contributed by atoms with Gasteiger partial charge in [-0.2, -0.15) is 5.10 Å². The number of ether oxygens (including phenoxy) is 1. The van der Waals surface area contributed by atoms with Crippen molar-refractivity contribution >= 4 is 41.2 Å². The van der Waals surface area contributed by atoms with Crippen molar-refractivity contribution < 1.29 is 14.3 Å². The molecule has 0 aliphatic carbocycles. The number of aryl methyl sites for hydroxylation is 2. The molecule has 1 N–H and O–H groups in total. The molecule has 1 aromatic carbocycles. The van der Waals surface area contributed by atoms with E-state index in [1.54, 1.807) is 25.7 Å². The van der Waals surface area contributed by atoms with Crippen LogP contribution in [0.25, 0.3) is 0 Å². The van der Waals surface area contributed by atoms with Gasteiger partial charge in [-0.05, 0) is 39.3 Å². The minimum Gasteiger partial charge on any atom is -0.462 e. The second-order valence-corrected chi connectivity index (χ2v) is 9.72. The second kappa shape index (κ2) is 12.1. The average Bonchev–Trinajstić information content (AvgIpc) is 3.39. The van der Waals surface area contributed by atoms with Crippen molar-refractivity contribution in [2.24, 2.45) is 7.05 Å². The molecule has 0 bridgehead atoms. The lowest BCUT2D eigenvalue weighted by Gasteiger charge is -2.16. The first-order valence-electron chi connectivity index (χ1n) is 11.2. The molecule has 9 nitrogen and oxygen atoms in total. The fourth-order valence-corrected chi connectivity index (χ4v) is 5.08. The van der Waals surface area contributed by atoms with E-state index in [-0.39, 0.29) is 18.1 Å². The molecule has 182 valence electrons. The predicted octanol–water partition coefficient (Wildman–Crippen LogP) is 4.32. The first-order chi connectivity index (χ1) is 16.4. The third-order valence-corrected chi connectivity index (χ3v) is 7.44. The van der Waals surface area contributed by atoms with Gasteiger partial charge in [-0.3, -0.25) is 9.48 Å². The SMILES string of the molecule is CCOC(=O)c1cnn(C)c1NC(=O)C(CC)Sc1nnc(CSc2ccc(C)cc2)n1CC. The Morgan fingerprint density at radius 1 is 1.15 bits per heavy atom. The van der Waals surface area contributed by atoms with Gasteiger partial charge in [0.25, 0.3) is 0 Å². The topological polar surface area (TPSA) is 104 Å². The highest BCUT2D eigenvalue weighted by molar-refractivity contribution is 8.00. The van der Waals surface area contributed by atoms with Crippen molar-refractivity contribution in [3.8, 4) is 0 Å². The zero-order chi connectivity index (χ0) is 24.7. The molecule has 0 aliphatic heterocycles. The van der Waals surface area contributed by atoms with E-state index in [9.17, 15) is 9.59 Å². The third-order valence-electron chi connectivity index (χ3n) is 5.09. The van der Waals surface area contributed by atoms with Crippen LogP contribution in [0.15, 0.2) is 40.5 Å². The van der Waals surface area contributed by atoms with E-state index < -0.39 is 11.2 Å². The first-order valence-corrected chi connectivity index (χ1v) is 13.0. The van der Waals surface area contributed by atoms with E-state index in [0.29, 0.717) is 29.7 Å². The highest BCUT2D eigenvalue weighted by atomic mass is 32.2. The van der Waals surface area contributed by atoms with Gasteiger partial charge in [0.2, 0.25) is 5.91 Å². The number of amides is 1. The van der Waals surface area contributed by atoms with E-state index in [2.05, 4.69) is 51.8 Å². The second-order valence-electron chi connectivity index (χ2n) is 7.50. The van der Waals surface area contributed by atoms with Gasteiger partial charge in [0.1, 0.15) is 17.2 Å². The fraction of sp³-hybridized carbons (Fsp3) is 0.435. The van der Waals surface area contributed by atoms with E-state index >= 15 is 0 Å². The average molecular weight is 503 g/mol. The molecular weight excluding hydrogens is 472 g/mol. The quantitative estimate of drug-likeness (QED) is 0.305. The van der Waals surface area contributed by atoms with Crippen LogP contribution >= 0.6 is 23.5 Å². The number of thioether (sulfide) groups is 2. The van der Waals surface area contributed by atoms with Crippen LogP contribution in [0.4, 0.5) is 5.82 Å². The summed E-state index contributed by atoms with van der Waals surface area (Å²) < 4.78 is 8.56. The van der Waals surface area contributed by atoms with Crippen LogP contribution in [0.3, 0.4) is 0 Å². The maximum Gasteiger partial charge on any atom is 0.343 e. The Morgan fingerprint density at radius 2 is 1.88 bits per heavy atom. The third kappa shape index (κ3) is 6.20. The van der Waals surface area contributed by atoms with Crippen LogP contribution in [0.2, 0.25) is 0 Å². The highest BCUT2D eigenvalue weighted by Gasteiger charge is 2.26. The number of benzene rings is 1. The number of hydrogen-bond acceptors (Lipinski definition) is 8. The summed E-state index contributed by atoms with van der Waals surface area (Å²) in [6.45, 7) is 8.71. The van der Waals surface area contributed by atoms with Crippen molar-refractivity contribution in [3.63, 3.8) is 0 Å². The van der Waals surface area contributed by atoms with Crippen molar-refractivity contribution in [2.45, 2.75) is 61.7 Å². The minimum atomic E-state index is -0.520. The summed E-state index contributed by atoms with van der Waals surface area (Å²) in [6.07, 6.45) is 1.97. The molecule has 34 heavy (non-hydrogen) atoms. The number of carbonyl (C=O) groups excluding carboxylic acids is 2. The Balaban J connectivity index is 1.70. The lowest BCUT2D eigenvalue weighted by Crippen LogP contribution is -2.27. The number of nitrogens with zero attached hydrogens (tertiary/aromatic N) is 5. The zero-order valence-corrected chi connectivity index (χ0v) is 21.7. The van der Waals surface area contributed by atoms with E-state index in [1.807, 2.05) is 18.4 Å². The van der Waals surface area contributed by atoms with Gasteiger partial charge in [0.15, 0.2) is 5.16 Å². The standard InChI is InChI=1S/C23H30N6O3S2/c1-6-18(21(30)25-20-17(13-24-28(20)5)22(31)32-8-3)34-23-27-26-19(29(23)7-2)14-33-16-11-9-15(4)10-12-16/h9-13,18H,6-8,14H2,1-5H3,(H,25,30). The van der Waals surface area contributed by atoms with Crippen LogP contribution in [0.5, 0.6) is 0 Å². The van der Waals surface area contributed by atoms with Crippen molar-refractivity contribution in [2.75, 3.05) is 11.9 Å². The largest absolute Gasteiger partial charge is 0.462 e. The van der Waals surface area contributed by atoms with Gasteiger partial charge in [0, 0.05) is 18.5 Å². The summed E-state index contributed by atoms with van der Waals surface area (Å²) in [5.41, 5.74) is 1.45. The van der Waals surface area contributed by atoms with Gasteiger partial charge in [-0.15, -0.1) is 22.0 Å². The summed E-state index contributed by atoms with van der Waals surface area (Å²) in [5, 5.41) is 15.9. The van der Waals surface area contributed by atoms with Crippen molar-refractivity contribution in [1.82, 2.24) is 24.5 Å². The molecule has 0 saturated heterocycles. The molecule has 1 amide bonds. The monoisotopic (exact) mass is 502 g/mol. The van der Waals surface area contributed by atoms with Crippen LogP contribution in [-0.2, 0) is 28.9 Å². The Hall–Kier alpha value is -2.79. The van der Waals surface area contributed by atoms with Crippen LogP contribution in [-0.4, -0.2) is 48.3 Å². The van der Waals surface area contributed by atoms with Gasteiger partial charge < -0.3 is 14.6 Å². The minimum absolute atomic E-state index is 0.227. The van der Waals surface area contributed by atoms with Gasteiger partial charge in [-0.25, -0.2) is 4.79 Å². The molecule has 0 saturated carbocycles. The normalized spacial score (nSPS) is 11.9. The first kappa shape index (κ1) is 25.8. The molecule has 0 aliphatic rings. The molecule has 1 atom stereocenters. The van der Waals surface area contributed by atoms with Gasteiger partial charge in [0.05, 0.1) is 23.8 Å². The molecule has 0 fully saturated rings. The van der Waals surface area contributed by atoms with Crippen LogP contribution in [0.1, 0.15) is 48.9 Å². The number of carbonyl (C=O) groups is 2. The fourth-order valence-electron chi connectivity index (χ4n) is 3.20. The lowest BCUT2D eigenvalue weighted by molar-refractivity contribution is -0.115. The zero-order valence-electron chi connectivity index (χ0n) is 20.1. The predicted molar refractivity (Wildman–Crippen MR) is 134 cm³/mol. The number of aromatic nitrogens is 5. The summed E-state index contributed by atoms with van der Waals surface area (Å²) >= 11 is 3.07. The van der Waals surface area contributed by atoms with E-state index in [0.717, 1.165) is 5.82 Å². The molecule has 2 aromatic heterocycles. The molecule has 0 radical (unpaired) electrons. The van der Waals surface area contributed by atoms with Crippen molar-refractivity contribution in [3.05, 3.63) is 47.4 Å². The van der Waals surface area contributed by atoms with Crippen molar-refractivity contribution in [1.29, 1.82) is 0 Å². The molecule has 3 aromatic rings. The van der Waals surface area contributed by atoms with E-state index in [1.165, 1.54) is 33.1 Å². The molecular formula is C23H30N6O3S2. The Morgan fingerprint density at radius 3 is 2.53 bits per heavy atom. The number of anilines is 1. The summed E-state index contributed by atoms with van der Waals surface area (Å²) in [6, 6.07) is 8.38.